The molecule has 106 valence electrons. The SMILES string of the molecule is CCOC(=O)CCC(N)c1ccc(C)c2ccccc12. The van der Waals surface area contributed by atoms with Crippen molar-refractivity contribution in [1.29, 1.82) is 0 Å². The highest BCUT2D eigenvalue weighted by Crippen LogP contribution is 2.27. The summed E-state index contributed by atoms with van der Waals surface area (Å²) >= 11 is 0. The molecule has 0 fully saturated rings. The second kappa shape index (κ2) is 6.53. The molecular weight excluding hydrogens is 250 g/mol. The minimum Gasteiger partial charge on any atom is -0.466 e. The van der Waals surface area contributed by atoms with E-state index < -0.39 is 0 Å². The monoisotopic (exact) mass is 271 g/mol. The molecule has 0 heterocycles. The Morgan fingerprint density at radius 1 is 1.20 bits per heavy atom. The van der Waals surface area contributed by atoms with Crippen LogP contribution in [0, 0.1) is 6.92 Å². The summed E-state index contributed by atoms with van der Waals surface area (Å²) in [7, 11) is 0. The number of ether oxygens (including phenoxy) is 1. The number of benzene rings is 2. The summed E-state index contributed by atoms with van der Waals surface area (Å²) in [6.45, 7) is 4.32. The molecule has 0 saturated heterocycles. The predicted octanol–water partition coefficient (Wildman–Crippen LogP) is 3.49. The zero-order valence-electron chi connectivity index (χ0n) is 12.1. The average molecular weight is 271 g/mol. The number of carbonyl (C=O) groups excluding carboxylic acids is 1. The number of rotatable bonds is 5. The molecule has 2 rings (SSSR count). The first kappa shape index (κ1) is 14.5. The van der Waals surface area contributed by atoms with Crippen LogP contribution in [0.25, 0.3) is 10.8 Å². The van der Waals surface area contributed by atoms with E-state index in [2.05, 4.69) is 31.2 Å². The lowest BCUT2D eigenvalue weighted by Crippen LogP contribution is -2.14. The molecule has 0 aliphatic carbocycles. The van der Waals surface area contributed by atoms with Crippen molar-refractivity contribution in [3.63, 3.8) is 0 Å². The molecule has 3 nitrogen and oxygen atoms in total. The number of esters is 1. The summed E-state index contributed by atoms with van der Waals surface area (Å²) in [5.41, 5.74) is 8.58. The van der Waals surface area contributed by atoms with Crippen LogP contribution in [0.5, 0.6) is 0 Å². The van der Waals surface area contributed by atoms with Crippen LogP contribution in [-0.2, 0) is 9.53 Å². The fraction of sp³-hybridized carbons (Fsp3) is 0.353. The van der Waals surface area contributed by atoms with Crippen molar-refractivity contribution in [3.05, 3.63) is 47.5 Å². The lowest BCUT2D eigenvalue weighted by molar-refractivity contribution is -0.143. The molecule has 20 heavy (non-hydrogen) atoms. The molecule has 0 radical (unpaired) electrons. The van der Waals surface area contributed by atoms with E-state index in [0.29, 0.717) is 19.4 Å². The van der Waals surface area contributed by atoms with Crippen LogP contribution in [0.2, 0.25) is 0 Å². The van der Waals surface area contributed by atoms with Gasteiger partial charge in [-0.1, -0.05) is 36.4 Å². The second-order valence-electron chi connectivity index (χ2n) is 4.97. The maximum absolute atomic E-state index is 11.4. The lowest BCUT2D eigenvalue weighted by Gasteiger charge is -2.15. The first-order chi connectivity index (χ1) is 9.63. The fourth-order valence-corrected chi connectivity index (χ4v) is 2.46. The van der Waals surface area contributed by atoms with Crippen molar-refractivity contribution in [2.75, 3.05) is 6.61 Å². The van der Waals surface area contributed by atoms with Gasteiger partial charge in [0.15, 0.2) is 0 Å². The fourth-order valence-electron chi connectivity index (χ4n) is 2.46. The molecule has 0 saturated carbocycles. The Morgan fingerprint density at radius 3 is 2.60 bits per heavy atom. The van der Waals surface area contributed by atoms with Crippen LogP contribution in [0.4, 0.5) is 0 Å². The molecular formula is C17H21NO2. The molecule has 0 aliphatic rings. The second-order valence-corrected chi connectivity index (χ2v) is 4.97. The minimum atomic E-state index is -0.181. The number of fused-ring (bicyclic) bond motifs is 1. The summed E-state index contributed by atoms with van der Waals surface area (Å²) in [5.74, 6) is -0.181. The van der Waals surface area contributed by atoms with E-state index in [1.54, 1.807) is 0 Å². The Labute approximate surface area is 119 Å². The van der Waals surface area contributed by atoms with Crippen LogP contribution in [0.15, 0.2) is 36.4 Å². The van der Waals surface area contributed by atoms with E-state index in [1.165, 1.54) is 16.3 Å². The lowest BCUT2D eigenvalue weighted by atomic mass is 9.94. The predicted molar refractivity (Wildman–Crippen MR) is 81.5 cm³/mol. The topological polar surface area (TPSA) is 52.3 Å². The summed E-state index contributed by atoms with van der Waals surface area (Å²) < 4.78 is 4.94. The molecule has 0 aliphatic heterocycles. The molecule has 2 aromatic carbocycles. The highest BCUT2D eigenvalue weighted by atomic mass is 16.5. The number of hydrogen-bond acceptors (Lipinski definition) is 3. The molecule has 1 atom stereocenters. The minimum absolute atomic E-state index is 0.148. The zero-order chi connectivity index (χ0) is 14.5. The molecule has 3 heteroatoms. The van der Waals surface area contributed by atoms with Gasteiger partial charge in [0.2, 0.25) is 0 Å². The van der Waals surface area contributed by atoms with Gasteiger partial charge in [-0.15, -0.1) is 0 Å². The van der Waals surface area contributed by atoms with Gasteiger partial charge >= 0.3 is 5.97 Å². The Bertz CT molecular complexity index is 607. The third kappa shape index (κ3) is 3.17. The van der Waals surface area contributed by atoms with Crippen LogP contribution in [-0.4, -0.2) is 12.6 Å². The van der Waals surface area contributed by atoms with Crippen molar-refractivity contribution in [2.45, 2.75) is 32.7 Å². The van der Waals surface area contributed by atoms with Crippen LogP contribution >= 0.6 is 0 Å². The largest absolute Gasteiger partial charge is 0.466 e. The van der Waals surface area contributed by atoms with Crippen molar-refractivity contribution in [3.8, 4) is 0 Å². The maximum Gasteiger partial charge on any atom is 0.305 e. The van der Waals surface area contributed by atoms with Gasteiger partial charge in [-0.2, -0.15) is 0 Å². The standard InChI is InChI=1S/C17H21NO2/c1-3-20-17(19)11-10-16(18)15-9-8-12(2)13-6-4-5-7-14(13)15/h4-9,16H,3,10-11,18H2,1-2H3. The molecule has 0 spiro atoms. The highest BCUT2D eigenvalue weighted by Gasteiger charge is 2.13. The zero-order valence-corrected chi connectivity index (χ0v) is 12.1. The van der Waals surface area contributed by atoms with Gasteiger partial charge in [0.25, 0.3) is 0 Å². The molecule has 0 amide bonds. The third-order valence-corrected chi connectivity index (χ3v) is 3.54. The van der Waals surface area contributed by atoms with Crippen molar-refractivity contribution in [2.24, 2.45) is 5.73 Å². The summed E-state index contributed by atoms with van der Waals surface area (Å²) in [5, 5.41) is 2.39. The van der Waals surface area contributed by atoms with E-state index in [0.717, 1.165) is 5.56 Å². The van der Waals surface area contributed by atoms with E-state index in [9.17, 15) is 4.79 Å². The van der Waals surface area contributed by atoms with E-state index in [4.69, 9.17) is 10.5 Å². The third-order valence-electron chi connectivity index (χ3n) is 3.54. The maximum atomic E-state index is 11.4. The summed E-state index contributed by atoms with van der Waals surface area (Å²) in [6, 6.07) is 12.2. The number of hydrogen-bond donors (Lipinski definition) is 1. The number of aryl methyl sites for hydroxylation is 1. The number of nitrogens with two attached hydrogens (primary N) is 1. The molecule has 2 aromatic rings. The summed E-state index contributed by atoms with van der Waals surface area (Å²) in [6.07, 6.45) is 0.961. The van der Waals surface area contributed by atoms with Crippen LogP contribution < -0.4 is 5.73 Å². The normalized spacial score (nSPS) is 12.3. The van der Waals surface area contributed by atoms with Crippen molar-refractivity contribution >= 4 is 16.7 Å². The summed E-state index contributed by atoms with van der Waals surface area (Å²) in [4.78, 5) is 11.4. The van der Waals surface area contributed by atoms with E-state index in [-0.39, 0.29) is 12.0 Å². The molecule has 2 N–H and O–H groups in total. The molecule has 0 bridgehead atoms. The van der Waals surface area contributed by atoms with E-state index >= 15 is 0 Å². The van der Waals surface area contributed by atoms with E-state index in [1.807, 2.05) is 19.1 Å². The Kier molecular flexibility index (Phi) is 4.74. The smallest absolute Gasteiger partial charge is 0.305 e. The number of carbonyl (C=O) groups is 1. The Hall–Kier alpha value is -1.87. The highest BCUT2D eigenvalue weighted by molar-refractivity contribution is 5.89. The first-order valence-corrected chi connectivity index (χ1v) is 7.03. The van der Waals surface area contributed by atoms with Gasteiger partial charge < -0.3 is 10.5 Å². The van der Waals surface area contributed by atoms with Crippen LogP contribution in [0.1, 0.15) is 36.9 Å². The molecule has 1 unspecified atom stereocenters. The first-order valence-electron chi connectivity index (χ1n) is 7.03. The van der Waals surface area contributed by atoms with Gasteiger partial charge in [-0.05, 0) is 42.2 Å². The van der Waals surface area contributed by atoms with Crippen LogP contribution in [0.3, 0.4) is 0 Å². The molecule has 0 aromatic heterocycles. The quantitative estimate of drug-likeness (QED) is 0.847. The Morgan fingerprint density at radius 2 is 1.90 bits per heavy atom. The van der Waals surface area contributed by atoms with Gasteiger partial charge in [0.05, 0.1) is 6.61 Å². The van der Waals surface area contributed by atoms with Gasteiger partial charge in [-0.25, -0.2) is 0 Å². The van der Waals surface area contributed by atoms with Gasteiger partial charge in [0.1, 0.15) is 0 Å². The van der Waals surface area contributed by atoms with Crippen molar-refractivity contribution in [1.82, 2.24) is 0 Å². The van der Waals surface area contributed by atoms with Crippen molar-refractivity contribution < 1.29 is 9.53 Å². The Balaban J connectivity index is 2.20. The van der Waals surface area contributed by atoms with Gasteiger partial charge in [-0.3, -0.25) is 4.79 Å². The van der Waals surface area contributed by atoms with Gasteiger partial charge in [0, 0.05) is 12.5 Å². The average Bonchev–Trinajstić information content (AvgIpc) is 2.46.